The van der Waals surface area contributed by atoms with Gasteiger partial charge in [-0.05, 0) is 0 Å². The molecule has 1 aliphatic rings. The van der Waals surface area contributed by atoms with Gasteiger partial charge in [0.05, 0.1) is 0 Å². The molecule has 1 aliphatic carbocycles. The number of ether oxygens (including phenoxy) is 1. The van der Waals surface area contributed by atoms with Crippen LogP contribution in [0.25, 0.3) is 10.8 Å². The fourth-order valence-corrected chi connectivity index (χ4v) is 4.74. The third-order valence-corrected chi connectivity index (χ3v) is 6.97. The van der Waals surface area contributed by atoms with Gasteiger partial charge in [0.15, 0.2) is 0 Å². The first kappa shape index (κ1) is 17.7. The van der Waals surface area contributed by atoms with Gasteiger partial charge in [-0.25, -0.2) is 0 Å². The Kier molecular flexibility index (Phi) is 4.86. The van der Waals surface area contributed by atoms with Crippen LogP contribution in [0.5, 0.6) is 5.75 Å². The summed E-state index contributed by atoms with van der Waals surface area (Å²) in [6, 6.07) is 16.1. The van der Waals surface area contributed by atoms with E-state index in [9.17, 15) is 4.79 Å². The van der Waals surface area contributed by atoms with Gasteiger partial charge in [0, 0.05) is 0 Å². The van der Waals surface area contributed by atoms with E-state index in [0.717, 1.165) is 31.1 Å². The maximum absolute atomic E-state index is 11.9. The van der Waals surface area contributed by atoms with Gasteiger partial charge in [0.25, 0.3) is 0 Å². The summed E-state index contributed by atoms with van der Waals surface area (Å²) >= 11 is 9.24. The van der Waals surface area contributed by atoms with E-state index in [4.69, 9.17) is 16.3 Å². The Morgan fingerprint density at radius 2 is 1.85 bits per heavy atom. The summed E-state index contributed by atoms with van der Waals surface area (Å²) < 4.78 is 6.36. The molecule has 1 heterocycles. The van der Waals surface area contributed by atoms with E-state index >= 15 is 0 Å². The SMILES string of the molecule is O=c1[nH]ccc2cc(OC3CCC([As])(c4ccccc4)CC3)c(Cl)cc12. The molecular weight excluding hydrogens is 409 g/mol. The second-order valence-electron chi connectivity index (χ2n) is 6.89. The third-order valence-electron chi connectivity index (χ3n) is 5.19. The van der Waals surface area contributed by atoms with Gasteiger partial charge in [-0.15, -0.1) is 0 Å². The predicted octanol–water partition coefficient (Wildman–Crippen LogP) is 4.57. The van der Waals surface area contributed by atoms with Crippen LogP contribution >= 0.6 is 11.6 Å². The van der Waals surface area contributed by atoms with E-state index in [1.807, 2.05) is 12.1 Å². The number of hydrogen-bond acceptors (Lipinski definition) is 2. The normalized spacial score (nSPS) is 23.1. The Bertz CT molecular complexity index is 978. The molecule has 0 aliphatic heterocycles. The van der Waals surface area contributed by atoms with Gasteiger partial charge in [0.2, 0.25) is 0 Å². The van der Waals surface area contributed by atoms with Crippen molar-refractivity contribution in [2.45, 2.75) is 36.0 Å². The molecule has 2 radical (unpaired) electrons. The predicted molar refractivity (Wildman–Crippen MR) is 106 cm³/mol. The molecule has 1 N–H and O–H groups in total. The standard InChI is InChI=1S/C21H19AsClNO2/c22-21(15-4-2-1-3-5-15)9-6-16(7-10-21)26-19-12-14-8-11-24-20(25)17(14)13-18(19)23/h1-5,8,11-13,16H,6-7,9-10H2,(H,24,25). The van der Waals surface area contributed by atoms with Crippen molar-refractivity contribution in [3.63, 3.8) is 0 Å². The van der Waals surface area contributed by atoms with Gasteiger partial charge in [-0.3, -0.25) is 0 Å². The summed E-state index contributed by atoms with van der Waals surface area (Å²) in [6.45, 7) is 0. The molecule has 0 saturated heterocycles. The first-order chi connectivity index (χ1) is 12.5. The van der Waals surface area contributed by atoms with Crippen molar-refractivity contribution < 1.29 is 4.74 Å². The summed E-state index contributed by atoms with van der Waals surface area (Å²) in [5.74, 6) is 0.660. The average Bonchev–Trinajstić information content (AvgIpc) is 2.66. The number of nitrogens with one attached hydrogen (secondary N) is 1. The van der Waals surface area contributed by atoms with Crippen LogP contribution in [0.2, 0.25) is 5.02 Å². The Labute approximate surface area is 166 Å². The van der Waals surface area contributed by atoms with Gasteiger partial charge in [-0.2, -0.15) is 0 Å². The molecule has 3 nitrogen and oxygen atoms in total. The first-order valence-corrected chi connectivity index (χ1v) is 10.1. The number of rotatable bonds is 3. The average molecular weight is 428 g/mol. The number of aromatic amines is 1. The molecule has 132 valence electrons. The Morgan fingerprint density at radius 3 is 2.58 bits per heavy atom. The van der Waals surface area contributed by atoms with E-state index in [0.29, 0.717) is 16.2 Å². The number of pyridine rings is 1. The summed E-state index contributed by atoms with van der Waals surface area (Å²) in [4.78, 5) is 14.6. The van der Waals surface area contributed by atoms with Crippen molar-refractivity contribution in [2.75, 3.05) is 0 Å². The minimum absolute atomic E-state index is 0.134. The van der Waals surface area contributed by atoms with Crippen molar-refractivity contribution in [2.24, 2.45) is 0 Å². The summed E-state index contributed by atoms with van der Waals surface area (Å²) in [5, 5.41) is 1.92. The molecule has 2 aromatic carbocycles. The zero-order valence-electron chi connectivity index (χ0n) is 14.2. The van der Waals surface area contributed by atoms with Crippen LogP contribution < -0.4 is 10.3 Å². The monoisotopic (exact) mass is 427 g/mol. The van der Waals surface area contributed by atoms with E-state index in [1.54, 1.807) is 12.3 Å². The zero-order chi connectivity index (χ0) is 18.1. The van der Waals surface area contributed by atoms with Crippen LogP contribution in [0.4, 0.5) is 0 Å². The molecule has 0 amide bonds. The topological polar surface area (TPSA) is 42.1 Å². The van der Waals surface area contributed by atoms with Crippen LogP contribution in [-0.4, -0.2) is 27.9 Å². The Hall–Kier alpha value is -1.70. The van der Waals surface area contributed by atoms with Crippen molar-refractivity contribution >= 4 is 39.2 Å². The number of benzene rings is 2. The number of aromatic nitrogens is 1. The fraction of sp³-hybridized carbons (Fsp3) is 0.286. The summed E-state index contributed by atoms with van der Waals surface area (Å²) in [6.07, 6.45) is 5.87. The van der Waals surface area contributed by atoms with Crippen molar-refractivity contribution in [3.05, 3.63) is 75.7 Å². The van der Waals surface area contributed by atoms with Crippen LogP contribution in [0, 0.1) is 0 Å². The first-order valence-electron chi connectivity index (χ1n) is 8.81. The fourth-order valence-electron chi connectivity index (χ4n) is 3.68. The number of H-pyrrole nitrogens is 1. The van der Waals surface area contributed by atoms with E-state index in [1.165, 1.54) is 5.56 Å². The molecule has 3 aromatic rings. The third kappa shape index (κ3) is 3.43. The molecule has 1 fully saturated rings. The van der Waals surface area contributed by atoms with Crippen molar-refractivity contribution in [3.8, 4) is 5.75 Å². The summed E-state index contributed by atoms with van der Waals surface area (Å²) in [5.41, 5.74) is 1.24. The Morgan fingerprint density at radius 1 is 1.12 bits per heavy atom. The molecule has 1 aromatic heterocycles. The molecule has 26 heavy (non-hydrogen) atoms. The molecule has 5 heteroatoms. The molecule has 0 spiro atoms. The van der Waals surface area contributed by atoms with Crippen LogP contribution in [0.15, 0.2) is 59.5 Å². The molecule has 0 bridgehead atoms. The second kappa shape index (κ2) is 7.13. The maximum atomic E-state index is 11.9. The zero-order valence-corrected chi connectivity index (χ0v) is 16.9. The van der Waals surface area contributed by atoms with Crippen LogP contribution in [0.1, 0.15) is 31.2 Å². The van der Waals surface area contributed by atoms with Gasteiger partial charge in [-0.1, -0.05) is 0 Å². The Balaban J connectivity index is 1.50. The molecule has 0 unspecified atom stereocenters. The molecule has 4 rings (SSSR count). The van der Waals surface area contributed by atoms with Crippen molar-refractivity contribution in [1.29, 1.82) is 0 Å². The second-order valence-corrected chi connectivity index (χ2v) is 9.09. The minimum atomic E-state index is -0.134. The van der Waals surface area contributed by atoms with Gasteiger partial charge < -0.3 is 0 Å². The van der Waals surface area contributed by atoms with E-state index < -0.39 is 0 Å². The van der Waals surface area contributed by atoms with Gasteiger partial charge in [0.1, 0.15) is 0 Å². The number of hydrogen-bond donors (Lipinski definition) is 1. The van der Waals surface area contributed by atoms with Crippen molar-refractivity contribution in [1.82, 2.24) is 4.98 Å². The van der Waals surface area contributed by atoms with E-state index in [-0.39, 0.29) is 15.9 Å². The quantitative estimate of drug-likeness (QED) is 0.622. The number of fused-ring (bicyclic) bond motifs is 1. The van der Waals surface area contributed by atoms with Crippen LogP contribution in [0.3, 0.4) is 0 Å². The van der Waals surface area contributed by atoms with E-state index in [2.05, 4.69) is 52.2 Å². The molecule has 0 atom stereocenters. The molecule has 1 saturated carbocycles. The number of halogens is 1. The van der Waals surface area contributed by atoms with Gasteiger partial charge >= 0.3 is 166 Å². The summed E-state index contributed by atoms with van der Waals surface area (Å²) in [7, 11) is 0. The van der Waals surface area contributed by atoms with Crippen LogP contribution in [-0.2, 0) is 4.20 Å². The molecular formula is C21H19AsClNO2.